The summed E-state index contributed by atoms with van der Waals surface area (Å²) in [5.41, 5.74) is 3.16. The Morgan fingerprint density at radius 2 is 1.70 bits per heavy atom. The molecule has 3 rings (SSSR count). The fraction of sp³-hybridized carbons (Fsp3) is 0.435. The van der Waals surface area contributed by atoms with Crippen molar-refractivity contribution in [1.29, 1.82) is 0 Å². The van der Waals surface area contributed by atoms with Gasteiger partial charge in [0, 0.05) is 12.1 Å². The van der Waals surface area contributed by atoms with E-state index in [1.54, 1.807) is 0 Å². The first-order valence-corrected chi connectivity index (χ1v) is 9.92. The summed E-state index contributed by atoms with van der Waals surface area (Å²) in [6.07, 6.45) is 3.94. The van der Waals surface area contributed by atoms with Crippen LogP contribution in [0.15, 0.2) is 48.5 Å². The minimum Gasteiger partial charge on any atom is -0.491 e. The number of hydrogen-bond donors (Lipinski definition) is 1. The van der Waals surface area contributed by atoms with E-state index >= 15 is 0 Å². The second kappa shape index (κ2) is 9.56. The summed E-state index contributed by atoms with van der Waals surface area (Å²) in [7, 11) is 0. The Balaban J connectivity index is 1.45. The van der Waals surface area contributed by atoms with Crippen LogP contribution in [-0.2, 0) is 6.54 Å². The molecule has 2 aromatic carbocycles. The molecule has 1 aliphatic heterocycles. The summed E-state index contributed by atoms with van der Waals surface area (Å²) in [5, 5.41) is 3.00. The average Bonchev–Trinajstić information content (AvgIpc) is 2.69. The minimum atomic E-state index is -0.0631. The lowest BCUT2D eigenvalue weighted by molar-refractivity contribution is 0.0926. The first kappa shape index (κ1) is 19.4. The van der Waals surface area contributed by atoms with Crippen molar-refractivity contribution in [2.24, 2.45) is 0 Å². The Morgan fingerprint density at radius 3 is 2.37 bits per heavy atom. The van der Waals surface area contributed by atoms with Crippen molar-refractivity contribution in [3.8, 4) is 5.75 Å². The van der Waals surface area contributed by atoms with Gasteiger partial charge in [-0.3, -0.25) is 9.69 Å². The third-order valence-electron chi connectivity index (χ3n) is 4.97. The lowest BCUT2D eigenvalue weighted by atomic mass is 10.1. The predicted molar refractivity (Wildman–Crippen MR) is 109 cm³/mol. The molecule has 1 fully saturated rings. The Hall–Kier alpha value is -2.33. The van der Waals surface area contributed by atoms with E-state index in [0.717, 1.165) is 12.3 Å². The van der Waals surface area contributed by atoms with Gasteiger partial charge in [-0.25, -0.2) is 0 Å². The van der Waals surface area contributed by atoms with Crippen LogP contribution in [0.1, 0.15) is 47.7 Å². The van der Waals surface area contributed by atoms with Crippen LogP contribution in [0.5, 0.6) is 5.75 Å². The molecule has 0 unspecified atom stereocenters. The van der Waals surface area contributed by atoms with Crippen molar-refractivity contribution in [2.45, 2.75) is 45.7 Å². The molecule has 144 valence electrons. The molecule has 2 aromatic rings. The van der Waals surface area contributed by atoms with E-state index in [1.165, 1.54) is 43.5 Å². The number of nitrogens with zero attached hydrogens (tertiary/aromatic N) is 1. The highest BCUT2D eigenvalue weighted by Crippen LogP contribution is 2.14. The number of nitrogens with one attached hydrogen (secondary N) is 1. The van der Waals surface area contributed by atoms with Crippen LogP contribution in [0.2, 0.25) is 0 Å². The number of piperidine rings is 1. The van der Waals surface area contributed by atoms with Crippen LogP contribution in [-0.4, -0.2) is 36.5 Å². The number of aryl methyl sites for hydroxylation is 1. The zero-order valence-corrected chi connectivity index (χ0v) is 16.4. The van der Waals surface area contributed by atoms with Crippen molar-refractivity contribution in [1.82, 2.24) is 10.2 Å². The summed E-state index contributed by atoms with van der Waals surface area (Å²) in [5.74, 6) is 0.767. The zero-order chi connectivity index (χ0) is 19.1. The average molecular weight is 367 g/mol. The van der Waals surface area contributed by atoms with Crippen LogP contribution in [0.4, 0.5) is 0 Å². The summed E-state index contributed by atoms with van der Waals surface area (Å²) < 4.78 is 5.74. The third kappa shape index (κ3) is 6.10. The lowest BCUT2D eigenvalue weighted by Crippen LogP contribution is -2.36. The molecule has 1 amide bonds. The molecule has 1 atom stereocenters. The number of hydrogen-bond acceptors (Lipinski definition) is 3. The van der Waals surface area contributed by atoms with Gasteiger partial charge in [-0.15, -0.1) is 0 Å². The molecule has 0 spiro atoms. The lowest BCUT2D eigenvalue weighted by Gasteiger charge is -2.26. The molecule has 4 heteroatoms. The monoisotopic (exact) mass is 366 g/mol. The Kier molecular flexibility index (Phi) is 6.88. The number of ether oxygens (including phenoxy) is 1. The summed E-state index contributed by atoms with van der Waals surface area (Å²) in [6.45, 7) is 7.78. The molecule has 4 nitrogen and oxygen atoms in total. The summed E-state index contributed by atoms with van der Waals surface area (Å²) >= 11 is 0. The number of amides is 1. The van der Waals surface area contributed by atoms with Gasteiger partial charge in [-0.1, -0.05) is 36.2 Å². The molecule has 27 heavy (non-hydrogen) atoms. The van der Waals surface area contributed by atoms with Gasteiger partial charge in [-0.05, 0) is 69.6 Å². The number of likely N-dealkylation sites (tertiary alicyclic amines) is 1. The van der Waals surface area contributed by atoms with Crippen molar-refractivity contribution in [3.63, 3.8) is 0 Å². The molecular weight excluding hydrogens is 336 g/mol. The van der Waals surface area contributed by atoms with E-state index in [0.29, 0.717) is 12.2 Å². The molecule has 0 aliphatic carbocycles. The summed E-state index contributed by atoms with van der Waals surface area (Å²) in [4.78, 5) is 14.9. The van der Waals surface area contributed by atoms with E-state index in [2.05, 4.69) is 22.3 Å². The van der Waals surface area contributed by atoms with Gasteiger partial charge in [-0.2, -0.15) is 0 Å². The fourth-order valence-electron chi connectivity index (χ4n) is 3.34. The van der Waals surface area contributed by atoms with E-state index in [9.17, 15) is 4.79 Å². The van der Waals surface area contributed by atoms with Gasteiger partial charge < -0.3 is 10.1 Å². The van der Waals surface area contributed by atoms with Crippen LogP contribution in [0.3, 0.4) is 0 Å². The van der Waals surface area contributed by atoms with Gasteiger partial charge in [0.2, 0.25) is 0 Å². The van der Waals surface area contributed by atoms with Gasteiger partial charge in [0.25, 0.3) is 5.91 Å². The third-order valence-corrected chi connectivity index (χ3v) is 4.97. The summed E-state index contributed by atoms with van der Waals surface area (Å²) in [6, 6.07) is 15.8. The van der Waals surface area contributed by atoms with Gasteiger partial charge in [0.1, 0.15) is 12.4 Å². The second-order valence-electron chi connectivity index (χ2n) is 7.53. The molecule has 0 bridgehead atoms. The van der Waals surface area contributed by atoms with Crippen molar-refractivity contribution in [2.75, 3.05) is 19.7 Å². The number of carbonyl (C=O) groups excluding carboxylic acids is 1. The Labute approximate surface area is 162 Å². The van der Waals surface area contributed by atoms with Gasteiger partial charge in [0.05, 0.1) is 6.04 Å². The molecule has 1 N–H and O–H groups in total. The molecule has 0 radical (unpaired) electrons. The van der Waals surface area contributed by atoms with Crippen molar-refractivity contribution < 1.29 is 9.53 Å². The number of rotatable bonds is 7. The van der Waals surface area contributed by atoms with E-state index in [1.807, 2.05) is 50.2 Å². The normalized spacial score (nSPS) is 15.9. The van der Waals surface area contributed by atoms with Gasteiger partial charge in [0.15, 0.2) is 0 Å². The maximum absolute atomic E-state index is 12.4. The molecular formula is C23H30N2O2. The molecule has 1 aliphatic rings. The Bertz CT molecular complexity index is 719. The van der Waals surface area contributed by atoms with Crippen LogP contribution in [0, 0.1) is 6.92 Å². The highest BCUT2D eigenvalue weighted by molar-refractivity contribution is 5.94. The van der Waals surface area contributed by atoms with Gasteiger partial charge >= 0.3 is 0 Å². The maximum Gasteiger partial charge on any atom is 0.251 e. The van der Waals surface area contributed by atoms with Crippen molar-refractivity contribution >= 4 is 5.91 Å². The second-order valence-corrected chi connectivity index (χ2v) is 7.53. The molecule has 1 saturated heterocycles. The van der Waals surface area contributed by atoms with E-state index in [4.69, 9.17) is 4.74 Å². The van der Waals surface area contributed by atoms with Crippen LogP contribution < -0.4 is 10.1 Å². The SMILES string of the molecule is Cc1ccc(OC[C@@H](C)NC(=O)c2ccc(CN3CCCCC3)cc2)cc1. The highest BCUT2D eigenvalue weighted by atomic mass is 16.5. The number of carbonyl (C=O) groups is 1. The fourth-order valence-corrected chi connectivity index (χ4v) is 3.34. The standard InChI is InChI=1S/C23H30N2O2/c1-18-6-12-22(13-7-18)27-17-19(2)24-23(26)21-10-8-20(9-11-21)16-25-14-4-3-5-15-25/h6-13,19H,3-5,14-17H2,1-2H3,(H,24,26)/t19-/m1/s1. The minimum absolute atomic E-state index is 0.0560. The quantitative estimate of drug-likeness (QED) is 0.799. The zero-order valence-electron chi connectivity index (χ0n) is 16.4. The maximum atomic E-state index is 12.4. The number of benzene rings is 2. The van der Waals surface area contributed by atoms with E-state index < -0.39 is 0 Å². The highest BCUT2D eigenvalue weighted by Gasteiger charge is 2.13. The van der Waals surface area contributed by atoms with Crippen molar-refractivity contribution in [3.05, 3.63) is 65.2 Å². The topological polar surface area (TPSA) is 41.6 Å². The predicted octanol–water partition coefficient (Wildman–Crippen LogP) is 4.18. The molecule has 0 saturated carbocycles. The first-order valence-electron chi connectivity index (χ1n) is 9.92. The molecule has 0 aromatic heterocycles. The first-order chi connectivity index (χ1) is 13.1. The largest absolute Gasteiger partial charge is 0.491 e. The van der Waals surface area contributed by atoms with Crippen LogP contribution in [0.25, 0.3) is 0 Å². The molecule has 1 heterocycles. The van der Waals surface area contributed by atoms with Crippen LogP contribution >= 0.6 is 0 Å². The Morgan fingerprint density at radius 1 is 1.04 bits per heavy atom. The smallest absolute Gasteiger partial charge is 0.251 e. The van der Waals surface area contributed by atoms with E-state index in [-0.39, 0.29) is 11.9 Å².